The van der Waals surface area contributed by atoms with Crippen LogP contribution in [-0.4, -0.2) is 101 Å². The number of likely N-dealkylation sites (tertiary alicyclic amines) is 1. The van der Waals surface area contributed by atoms with Crippen molar-refractivity contribution in [3.63, 3.8) is 0 Å². The van der Waals surface area contributed by atoms with Crippen molar-refractivity contribution in [3.05, 3.63) is 23.9 Å². The first-order chi connectivity index (χ1) is 25.6. The van der Waals surface area contributed by atoms with Gasteiger partial charge in [0, 0.05) is 18.4 Å². The Labute approximate surface area is 312 Å². The molecule has 1 saturated heterocycles. The summed E-state index contributed by atoms with van der Waals surface area (Å²) in [5, 5.41) is 13.7. The molecule has 4 aliphatic rings. The summed E-state index contributed by atoms with van der Waals surface area (Å²) in [6, 6.07) is 3.91. The quantitative estimate of drug-likeness (QED) is 0.161. The lowest BCUT2D eigenvalue weighted by Gasteiger charge is -2.28. The summed E-state index contributed by atoms with van der Waals surface area (Å²) in [7, 11) is -2.65. The normalized spacial score (nSPS) is 25.6. The maximum atomic E-state index is 14.2. The van der Waals surface area contributed by atoms with E-state index in [1.165, 1.54) is 33.3 Å². The highest BCUT2D eigenvalue weighted by molar-refractivity contribution is 7.91. The Morgan fingerprint density at radius 2 is 1.83 bits per heavy atom. The van der Waals surface area contributed by atoms with Crippen LogP contribution < -0.4 is 24.8 Å². The third-order valence-electron chi connectivity index (χ3n) is 11.3. The Bertz CT molecular complexity index is 1890. The van der Waals surface area contributed by atoms with Gasteiger partial charge in [-0.2, -0.15) is 0 Å². The number of carbonyl (C=O) groups is 4. The van der Waals surface area contributed by atoms with Gasteiger partial charge in [-0.15, -0.1) is 0 Å². The minimum absolute atomic E-state index is 0.190. The molecule has 3 aliphatic carbocycles. The number of amides is 4. The molecule has 2 aromatic rings. The van der Waals surface area contributed by atoms with Crippen molar-refractivity contribution in [2.24, 2.45) is 17.8 Å². The van der Waals surface area contributed by atoms with E-state index in [-0.39, 0.29) is 18.8 Å². The molecule has 5 atom stereocenters. The molecular formula is C36H48F2N6O9S. The van der Waals surface area contributed by atoms with Crippen LogP contribution in [0.3, 0.4) is 0 Å². The Morgan fingerprint density at radius 1 is 1.09 bits per heavy atom. The fourth-order valence-corrected chi connectivity index (χ4v) is 8.59. The van der Waals surface area contributed by atoms with E-state index in [1.807, 2.05) is 10.0 Å². The lowest BCUT2D eigenvalue weighted by molar-refractivity contribution is -0.140. The number of fused-ring (bicyclic) bond motifs is 1. The molecule has 1 aliphatic heterocycles. The number of rotatable bonds is 18. The van der Waals surface area contributed by atoms with E-state index >= 15 is 0 Å². The number of carbonyl (C=O) groups excluding carboxylic acids is 3. The zero-order valence-electron chi connectivity index (χ0n) is 30.6. The van der Waals surface area contributed by atoms with E-state index in [1.54, 1.807) is 25.1 Å². The molecule has 0 spiro atoms. The molecular weight excluding hydrogens is 730 g/mol. The number of sulfonamides is 1. The number of nitrogens with zero attached hydrogens (tertiary/aromatic N) is 3. The third kappa shape index (κ3) is 8.62. The minimum atomic E-state index is -4.17. The second kappa shape index (κ2) is 15.4. The number of alkyl halides is 2. The van der Waals surface area contributed by atoms with Crippen LogP contribution in [0, 0.1) is 17.8 Å². The van der Waals surface area contributed by atoms with E-state index in [2.05, 4.69) is 5.32 Å². The standard InChI is InChI=1S/C36H48F2N6O9S/c1-20-27(53-32-25(8-6-4-5-7-21-9-10-21)40-24-12-11-23(52-3)16-26(24)41-32)19-44(29(45)18-39-34(48)49)30(20)31(46)42-36(17-22(36)15-28(37)38)33(47)43-54(50,51)35(2)13-14-35/h11-12,16,20-22,27-28,30,39H,4-10,13-15,17-19H2,1-3H3,(H,42,46)(H,43,47)(H,48,49)/t20-,22-,27+,30+,36-/m1/s1. The molecule has 4 amide bonds. The molecule has 4 N–H and O–H groups in total. The van der Waals surface area contributed by atoms with Gasteiger partial charge in [0.15, 0.2) is 0 Å². The SMILES string of the molecule is COc1ccc2nc(CCCCCC3CC3)c(O[C@H]3CN(C(=O)CNC(=O)O)[C@H](C(=O)N[C@]4(C(=O)NS(=O)(=O)C5(C)CC5)C[C@H]4CC(F)F)[C@@H]3C)nc2c1. The minimum Gasteiger partial charge on any atom is -0.497 e. The van der Waals surface area contributed by atoms with Crippen molar-refractivity contribution in [2.45, 2.75) is 113 Å². The predicted octanol–water partition coefficient (Wildman–Crippen LogP) is 3.54. The van der Waals surface area contributed by atoms with Gasteiger partial charge in [0.05, 0.1) is 29.4 Å². The fraction of sp³-hybridized carbons (Fsp3) is 0.667. The molecule has 3 saturated carbocycles. The number of benzene rings is 1. The number of hydrogen-bond donors (Lipinski definition) is 4. The van der Waals surface area contributed by atoms with Gasteiger partial charge in [0.25, 0.3) is 5.91 Å². The van der Waals surface area contributed by atoms with Gasteiger partial charge in [-0.05, 0) is 63.0 Å². The van der Waals surface area contributed by atoms with Crippen LogP contribution in [0.2, 0.25) is 0 Å². The van der Waals surface area contributed by atoms with E-state index < -0.39 is 87.5 Å². The van der Waals surface area contributed by atoms with Crippen molar-refractivity contribution in [2.75, 3.05) is 20.2 Å². The highest BCUT2D eigenvalue weighted by Gasteiger charge is 2.64. The topological polar surface area (TPSA) is 206 Å². The van der Waals surface area contributed by atoms with Crippen molar-refractivity contribution in [1.82, 2.24) is 30.2 Å². The summed E-state index contributed by atoms with van der Waals surface area (Å²) < 4.78 is 65.7. The van der Waals surface area contributed by atoms with Gasteiger partial charge in [-0.25, -0.2) is 32.0 Å². The number of aryl methyl sites for hydroxylation is 1. The first-order valence-electron chi connectivity index (χ1n) is 18.5. The largest absolute Gasteiger partial charge is 0.497 e. The molecule has 0 radical (unpaired) electrons. The predicted molar refractivity (Wildman–Crippen MR) is 190 cm³/mol. The van der Waals surface area contributed by atoms with Gasteiger partial charge in [0.2, 0.25) is 34.1 Å². The van der Waals surface area contributed by atoms with Crippen LogP contribution >= 0.6 is 0 Å². The van der Waals surface area contributed by atoms with Crippen molar-refractivity contribution < 1.29 is 51.0 Å². The van der Waals surface area contributed by atoms with Gasteiger partial charge < -0.3 is 30.1 Å². The molecule has 54 heavy (non-hydrogen) atoms. The van der Waals surface area contributed by atoms with E-state index in [4.69, 9.17) is 19.4 Å². The zero-order chi connectivity index (χ0) is 39.0. The Hall–Kier alpha value is -4.35. The third-order valence-corrected chi connectivity index (χ3v) is 13.5. The number of unbranched alkanes of at least 4 members (excludes halogenated alkanes) is 2. The maximum Gasteiger partial charge on any atom is 0.405 e. The Kier molecular flexibility index (Phi) is 11.2. The second-order valence-electron chi connectivity index (χ2n) is 15.4. The summed E-state index contributed by atoms with van der Waals surface area (Å²) in [5.41, 5.74) is -0.275. The first kappa shape index (κ1) is 39.3. The monoisotopic (exact) mass is 778 g/mol. The van der Waals surface area contributed by atoms with Gasteiger partial charge >= 0.3 is 6.09 Å². The average Bonchev–Trinajstić information content (AvgIpc) is 4.05. The number of nitrogens with one attached hydrogen (secondary N) is 3. The molecule has 0 bridgehead atoms. The van der Waals surface area contributed by atoms with Gasteiger partial charge in [0.1, 0.15) is 35.7 Å². The fourth-order valence-electron chi connectivity index (χ4n) is 7.28. The smallest absolute Gasteiger partial charge is 0.405 e. The van der Waals surface area contributed by atoms with E-state index in [0.717, 1.165) is 30.1 Å². The van der Waals surface area contributed by atoms with Crippen LogP contribution in [0.4, 0.5) is 13.6 Å². The van der Waals surface area contributed by atoms with Crippen molar-refractivity contribution in [3.8, 4) is 11.6 Å². The van der Waals surface area contributed by atoms with Crippen LogP contribution in [0.15, 0.2) is 18.2 Å². The Morgan fingerprint density at radius 3 is 2.48 bits per heavy atom. The molecule has 2 heterocycles. The molecule has 0 unspecified atom stereocenters. The molecule has 1 aromatic carbocycles. The summed E-state index contributed by atoms with van der Waals surface area (Å²) in [5.74, 6) is -3.10. The molecule has 18 heteroatoms. The van der Waals surface area contributed by atoms with Crippen LogP contribution in [-0.2, 0) is 30.8 Å². The summed E-state index contributed by atoms with van der Waals surface area (Å²) >= 11 is 0. The summed E-state index contributed by atoms with van der Waals surface area (Å²) in [6.45, 7) is 2.22. The summed E-state index contributed by atoms with van der Waals surface area (Å²) in [6.07, 6.45) is 1.67. The second-order valence-corrected chi connectivity index (χ2v) is 17.6. The number of carboxylic acid groups (broad SMARTS) is 1. The lowest BCUT2D eigenvalue weighted by Crippen LogP contribution is -2.58. The average molecular weight is 779 g/mol. The van der Waals surface area contributed by atoms with Crippen molar-refractivity contribution in [1.29, 1.82) is 0 Å². The number of ether oxygens (including phenoxy) is 2. The summed E-state index contributed by atoms with van der Waals surface area (Å²) in [4.78, 5) is 63.2. The van der Waals surface area contributed by atoms with Crippen LogP contribution in [0.5, 0.6) is 11.6 Å². The number of halogens is 2. The molecule has 296 valence electrons. The number of methoxy groups -OCH3 is 1. The lowest BCUT2D eigenvalue weighted by atomic mass is 9.98. The molecule has 4 fully saturated rings. The zero-order valence-corrected chi connectivity index (χ0v) is 31.4. The van der Waals surface area contributed by atoms with Crippen LogP contribution in [0.25, 0.3) is 11.0 Å². The highest BCUT2D eigenvalue weighted by atomic mass is 32.2. The molecule has 15 nitrogen and oxygen atoms in total. The first-order valence-corrected chi connectivity index (χ1v) is 20.0. The Balaban J connectivity index is 1.26. The number of aromatic nitrogens is 2. The van der Waals surface area contributed by atoms with E-state index in [9.17, 15) is 41.5 Å². The van der Waals surface area contributed by atoms with E-state index in [0.29, 0.717) is 41.7 Å². The highest BCUT2D eigenvalue weighted by Crippen LogP contribution is 2.49. The molecule has 6 rings (SSSR count). The van der Waals surface area contributed by atoms with Gasteiger partial charge in [-0.3, -0.25) is 19.1 Å². The number of hydrogen-bond acceptors (Lipinski definition) is 10. The molecule has 1 aromatic heterocycles. The van der Waals surface area contributed by atoms with Gasteiger partial charge in [-0.1, -0.05) is 39.0 Å². The van der Waals surface area contributed by atoms with Crippen LogP contribution in [0.1, 0.15) is 83.7 Å². The van der Waals surface area contributed by atoms with Crippen molar-refractivity contribution >= 4 is 44.9 Å². The maximum absolute atomic E-state index is 14.2.